The third-order valence-electron chi connectivity index (χ3n) is 3.85. The summed E-state index contributed by atoms with van der Waals surface area (Å²) in [6, 6.07) is 3.84. The molecule has 2 unspecified atom stereocenters. The second kappa shape index (κ2) is 5.70. The van der Waals surface area contributed by atoms with Crippen LogP contribution in [0.4, 0.5) is 4.39 Å². The summed E-state index contributed by atoms with van der Waals surface area (Å²) in [5.74, 6) is -0.298. The van der Waals surface area contributed by atoms with Gasteiger partial charge in [0, 0.05) is 12.6 Å². The Hall–Kier alpha value is -1.42. The second-order valence-electron chi connectivity index (χ2n) is 5.55. The van der Waals surface area contributed by atoms with E-state index in [0.717, 1.165) is 25.1 Å². The molecule has 1 aliphatic heterocycles. The Morgan fingerprint density at radius 1 is 1.42 bits per heavy atom. The molecule has 0 bridgehead atoms. The van der Waals surface area contributed by atoms with Crippen LogP contribution in [0.15, 0.2) is 18.2 Å². The SMILES string of the molecule is CC1CCC(C)N(CC(=O)c2cc(F)ccc2O)C1. The number of likely N-dealkylation sites (tertiary alicyclic amines) is 1. The number of rotatable bonds is 3. The minimum atomic E-state index is -0.499. The van der Waals surface area contributed by atoms with E-state index < -0.39 is 5.82 Å². The number of phenolic OH excluding ortho intramolecular Hbond substituents is 1. The number of hydrogen-bond acceptors (Lipinski definition) is 3. The molecule has 1 N–H and O–H groups in total. The lowest BCUT2D eigenvalue weighted by molar-refractivity contribution is 0.0802. The summed E-state index contributed by atoms with van der Waals surface area (Å²) < 4.78 is 13.1. The van der Waals surface area contributed by atoms with Crippen molar-refractivity contribution in [2.45, 2.75) is 32.7 Å². The second-order valence-corrected chi connectivity index (χ2v) is 5.55. The van der Waals surface area contributed by atoms with E-state index in [-0.39, 0.29) is 23.6 Å². The van der Waals surface area contributed by atoms with Crippen LogP contribution in [-0.2, 0) is 0 Å². The van der Waals surface area contributed by atoms with Gasteiger partial charge in [0.05, 0.1) is 12.1 Å². The van der Waals surface area contributed by atoms with Crippen molar-refractivity contribution in [3.8, 4) is 5.75 Å². The number of carbonyl (C=O) groups is 1. The van der Waals surface area contributed by atoms with Gasteiger partial charge < -0.3 is 5.11 Å². The largest absolute Gasteiger partial charge is 0.507 e. The van der Waals surface area contributed by atoms with Gasteiger partial charge >= 0.3 is 0 Å². The van der Waals surface area contributed by atoms with Crippen molar-refractivity contribution in [1.29, 1.82) is 0 Å². The molecule has 2 rings (SSSR count). The van der Waals surface area contributed by atoms with Gasteiger partial charge in [-0.1, -0.05) is 6.92 Å². The zero-order chi connectivity index (χ0) is 14.0. The van der Waals surface area contributed by atoms with Crippen molar-refractivity contribution in [3.63, 3.8) is 0 Å². The Morgan fingerprint density at radius 3 is 2.89 bits per heavy atom. The molecule has 0 saturated carbocycles. The zero-order valence-corrected chi connectivity index (χ0v) is 11.4. The quantitative estimate of drug-likeness (QED) is 0.854. The normalized spacial score (nSPS) is 24.4. The number of Topliss-reactive ketones (excluding diaryl/α,β-unsaturated/α-hetero) is 1. The number of phenols is 1. The zero-order valence-electron chi connectivity index (χ0n) is 11.4. The fraction of sp³-hybridized carbons (Fsp3) is 0.533. The van der Waals surface area contributed by atoms with Crippen LogP contribution in [0.1, 0.15) is 37.0 Å². The van der Waals surface area contributed by atoms with Gasteiger partial charge in [0.2, 0.25) is 0 Å². The van der Waals surface area contributed by atoms with Crippen LogP contribution in [0.2, 0.25) is 0 Å². The molecule has 104 valence electrons. The van der Waals surface area contributed by atoms with Gasteiger partial charge in [-0.25, -0.2) is 4.39 Å². The summed E-state index contributed by atoms with van der Waals surface area (Å²) in [6.45, 7) is 5.39. The molecule has 1 saturated heterocycles. The molecule has 1 aromatic rings. The Morgan fingerprint density at radius 2 is 2.16 bits per heavy atom. The van der Waals surface area contributed by atoms with Crippen LogP contribution in [0.5, 0.6) is 5.75 Å². The van der Waals surface area contributed by atoms with Crippen molar-refractivity contribution in [2.24, 2.45) is 5.92 Å². The first-order valence-corrected chi connectivity index (χ1v) is 6.73. The molecule has 3 nitrogen and oxygen atoms in total. The first-order chi connectivity index (χ1) is 8.97. The van der Waals surface area contributed by atoms with E-state index in [0.29, 0.717) is 12.0 Å². The number of carbonyl (C=O) groups excluding carboxylic acids is 1. The fourth-order valence-corrected chi connectivity index (χ4v) is 2.60. The molecule has 0 radical (unpaired) electrons. The molecule has 1 heterocycles. The van der Waals surface area contributed by atoms with Crippen LogP contribution >= 0.6 is 0 Å². The average Bonchev–Trinajstić information content (AvgIpc) is 2.36. The molecule has 4 heteroatoms. The number of benzene rings is 1. The molecule has 0 aromatic heterocycles. The van der Waals surface area contributed by atoms with E-state index in [2.05, 4.69) is 18.7 Å². The van der Waals surface area contributed by atoms with Crippen LogP contribution < -0.4 is 0 Å². The Balaban J connectivity index is 2.10. The molecule has 19 heavy (non-hydrogen) atoms. The van der Waals surface area contributed by atoms with Gasteiger partial charge in [-0.2, -0.15) is 0 Å². The Kier molecular flexibility index (Phi) is 4.20. The molecule has 1 aromatic carbocycles. The first kappa shape index (κ1) is 14.0. The van der Waals surface area contributed by atoms with Crippen molar-refractivity contribution in [1.82, 2.24) is 4.90 Å². The maximum atomic E-state index is 13.1. The molecular weight excluding hydrogens is 245 g/mol. The number of piperidine rings is 1. The summed E-state index contributed by atoms with van der Waals surface area (Å²) in [7, 11) is 0. The number of nitrogens with zero attached hydrogens (tertiary/aromatic N) is 1. The molecule has 1 fully saturated rings. The molecule has 2 atom stereocenters. The topological polar surface area (TPSA) is 40.5 Å². The van der Waals surface area contributed by atoms with Crippen LogP contribution in [0.3, 0.4) is 0 Å². The van der Waals surface area contributed by atoms with Gasteiger partial charge in [-0.3, -0.25) is 9.69 Å². The van der Waals surface area contributed by atoms with E-state index in [4.69, 9.17) is 0 Å². The Bertz CT molecular complexity index is 475. The van der Waals surface area contributed by atoms with E-state index in [1.165, 1.54) is 12.5 Å². The third kappa shape index (κ3) is 3.32. The summed E-state index contributed by atoms with van der Waals surface area (Å²) in [4.78, 5) is 14.3. The maximum absolute atomic E-state index is 13.1. The van der Waals surface area contributed by atoms with Crippen LogP contribution in [0.25, 0.3) is 0 Å². The van der Waals surface area contributed by atoms with Crippen LogP contribution in [0, 0.1) is 11.7 Å². The fourth-order valence-electron chi connectivity index (χ4n) is 2.60. The summed E-state index contributed by atoms with van der Waals surface area (Å²) in [5.41, 5.74) is 0.0745. The monoisotopic (exact) mass is 265 g/mol. The lowest BCUT2D eigenvalue weighted by Gasteiger charge is -2.36. The smallest absolute Gasteiger partial charge is 0.180 e. The standard InChI is InChI=1S/C15H20FNO2/c1-10-3-4-11(2)17(8-10)9-15(19)13-7-12(16)5-6-14(13)18/h5-7,10-11,18H,3-4,8-9H2,1-2H3. The predicted octanol–water partition coefficient (Wildman–Crippen LogP) is 2.83. The molecule has 0 amide bonds. The van der Waals surface area contributed by atoms with Gasteiger partial charge in [-0.15, -0.1) is 0 Å². The Labute approximate surface area is 113 Å². The molecule has 0 aliphatic carbocycles. The molecular formula is C15H20FNO2. The average molecular weight is 265 g/mol. The lowest BCUT2D eigenvalue weighted by Crippen LogP contribution is -2.43. The van der Waals surface area contributed by atoms with Gasteiger partial charge in [-0.05, 0) is 43.9 Å². The third-order valence-corrected chi connectivity index (χ3v) is 3.85. The van der Waals surface area contributed by atoms with Gasteiger partial charge in [0.1, 0.15) is 11.6 Å². The van der Waals surface area contributed by atoms with Crippen molar-refractivity contribution in [2.75, 3.05) is 13.1 Å². The number of hydrogen-bond donors (Lipinski definition) is 1. The highest BCUT2D eigenvalue weighted by Crippen LogP contribution is 2.23. The van der Waals surface area contributed by atoms with Crippen molar-refractivity contribution >= 4 is 5.78 Å². The summed E-state index contributed by atoms with van der Waals surface area (Å²) >= 11 is 0. The van der Waals surface area contributed by atoms with E-state index in [9.17, 15) is 14.3 Å². The summed E-state index contributed by atoms with van der Waals surface area (Å²) in [6.07, 6.45) is 2.25. The van der Waals surface area contributed by atoms with Gasteiger partial charge in [0.15, 0.2) is 5.78 Å². The molecule has 0 spiro atoms. The highest BCUT2D eigenvalue weighted by molar-refractivity contribution is 6.00. The maximum Gasteiger partial charge on any atom is 0.180 e. The van der Waals surface area contributed by atoms with E-state index in [1.807, 2.05) is 0 Å². The van der Waals surface area contributed by atoms with E-state index >= 15 is 0 Å². The first-order valence-electron chi connectivity index (χ1n) is 6.73. The number of aromatic hydroxyl groups is 1. The molecule has 1 aliphatic rings. The van der Waals surface area contributed by atoms with Crippen molar-refractivity contribution in [3.05, 3.63) is 29.6 Å². The highest BCUT2D eigenvalue weighted by Gasteiger charge is 2.25. The lowest BCUT2D eigenvalue weighted by atomic mass is 9.94. The number of ketones is 1. The van der Waals surface area contributed by atoms with Gasteiger partial charge in [0.25, 0.3) is 0 Å². The van der Waals surface area contributed by atoms with E-state index in [1.54, 1.807) is 0 Å². The van der Waals surface area contributed by atoms with Crippen LogP contribution in [-0.4, -0.2) is 34.9 Å². The predicted molar refractivity (Wildman–Crippen MR) is 71.8 cm³/mol. The van der Waals surface area contributed by atoms with Crippen molar-refractivity contribution < 1.29 is 14.3 Å². The minimum absolute atomic E-state index is 0.0745. The highest BCUT2D eigenvalue weighted by atomic mass is 19.1. The summed E-state index contributed by atoms with van der Waals surface area (Å²) in [5, 5.41) is 9.65. The minimum Gasteiger partial charge on any atom is -0.507 e. The number of halogens is 1.